The summed E-state index contributed by atoms with van der Waals surface area (Å²) in [5.74, 6) is 0.694. The third kappa shape index (κ3) is 2.09. The van der Waals surface area contributed by atoms with E-state index < -0.39 is 0 Å². The number of imidazole rings is 1. The number of rotatable bonds is 2. The Labute approximate surface area is 138 Å². The molecular weight excluding hydrogens is 302 g/mol. The van der Waals surface area contributed by atoms with Gasteiger partial charge in [-0.25, -0.2) is 19.5 Å². The summed E-state index contributed by atoms with van der Waals surface area (Å²) in [6.45, 7) is 2.08. The number of hydrogen-bond donors (Lipinski definition) is 1. The van der Waals surface area contributed by atoms with Gasteiger partial charge in [0.15, 0.2) is 11.5 Å². The van der Waals surface area contributed by atoms with Gasteiger partial charge in [0.25, 0.3) is 0 Å². The van der Waals surface area contributed by atoms with E-state index in [-0.39, 0.29) is 0 Å². The summed E-state index contributed by atoms with van der Waals surface area (Å²) in [5.41, 5.74) is 3.69. The van der Waals surface area contributed by atoms with Crippen molar-refractivity contribution in [1.29, 1.82) is 0 Å². The van der Waals surface area contributed by atoms with Crippen LogP contribution in [0, 0.1) is 0 Å². The summed E-state index contributed by atoms with van der Waals surface area (Å²) >= 11 is 0. The Morgan fingerprint density at radius 2 is 2.00 bits per heavy atom. The average molecular weight is 319 g/mol. The van der Waals surface area contributed by atoms with E-state index in [4.69, 9.17) is 4.98 Å². The molecule has 0 atom stereocenters. The number of fused-ring (bicyclic) bond motifs is 2. The Bertz CT molecular complexity index is 1010. The van der Waals surface area contributed by atoms with E-state index >= 15 is 0 Å². The predicted octanol–water partition coefficient (Wildman–Crippen LogP) is 2.07. The van der Waals surface area contributed by atoms with Crippen molar-refractivity contribution in [1.82, 2.24) is 34.4 Å². The molecule has 120 valence electrons. The first-order chi connectivity index (χ1) is 11.9. The van der Waals surface area contributed by atoms with Crippen LogP contribution in [-0.4, -0.2) is 42.2 Å². The van der Waals surface area contributed by atoms with Crippen LogP contribution in [0.2, 0.25) is 0 Å². The van der Waals surface area contributed by atoms with Crippen LogP contribution in [0.1, 0.15) is 18.9 Å². The van der Waals surface area contributed by atoms with Crippen LogP contribution in [0.5, 0.6) is 0 Å². The molecule has 0 aliphatic carbocycles. The normalized spacial score (nSPS) is 16.2. The maximum atomic E-state index is 4.82. The largest absolute Gasteiger partial charge is 0.317 e. The van der Waals surface area contributed by atoms with E-state index in [1.165, 1.54) is 0 Å². The van der Waals surface area contributed by atoms with Crippen molar-refractivity contribution in [2.45, 2.75) is 18.9 Å². The van der Waals surface area contributed by atoms with E-state index in [0.717, 1.165) is 48.2 Å². The molecule has 1 aliphatic rings. The zero-order chi connectivity index (χ0) is 15.9. The fraction of sp³-hybridized carbons (Fsp3) is 0.294. The highest BCUT2D eigenvalue weighted by molar-refractivity contribution is 5.79. The van der Waals surface area contributed by atoms with Gasteiger partial charge in [-0.15, -0.1) is 0 Å². The molecule has 1 saturated heterocycles. The van der Waals surface area contributed by atoms with E-state index in [0.29, 0.717) is 11.9 Å². The molecule has 1 fully saturated rings. The molecule has 5 rings (SSSR count). The van der Waals surface area contributed by atoms with Gasteiger partial charge in [-0.2, -0.15) is 5.10 Å². The van der Waals surface area contributed by atoms with Crippen LogP contribution in [-0.2, 0) is 0 Å². The molecule has 0 unspecified atom stereocenters. The number of pyridine rings is 1. The molecule has 0 bridgehead atoms. The second-order valence-electron chi connectivity index (χ2n) is 6.12. The van der Waals surface area contributed by atoms with Gasteiger partial charge in [-0.05, 0) is 38.1 Å². The molecule has 4 aromatic rings. The van der Waals surface area contributed by atoms with Gasteiger partial charge in [-0.1, -0.05) is 6.07 Å². The van der Waals surface area contributed by atoms with Gasteiger partial charge in [-0.3, -0.25) is 0 Å². The van der Waals surface area contributed by atoms with Crippen molar-refractivity contribution in [3.05, 3.63) is 43.1 Å². The topological polar surface area (TPSA) is 72.9 Å². The first-order valence-electron chi connectivity index (χ1n) is 8.23. The highest BCUT2D eigenvalue weighted by atomic mass is 15.2. The third-order valence-corrected chi connectivity index (χ3v) is 4.69. The van der Waals surface area contributed by atoms with Gasteiger partial charge in [0.1, 0.15) is 5.52 Å². The minimum Gasteiger partial charge on any atom is -0.317 e. The molecule has 0 amide bonds. The number of aromatic nitrogens is 6. The lowest BCUT2D eigenvalue weighted by atomic mass is 10.1. The molecule has 7 heteroatoms. The summed E-state index contributed by atoms with van der Waals surface area (Å²) in [4.78, 5) is 13.8. The van der Waals surface area contributed by atoms with Crippen molar-refractivity contribution in [2.24, 2.45) is 0 Å². The molecular formula is C17H17N7. The molecule has 0 saturated carbocycles. The van der Waals surface area contributed by atoms with Crippen LogP contribution < -0.4 is 5.32 Å². The highest BCUT2D eigenvalue weighted by Crippen LogP contribution is 2.26. The fourth-order valence-corrected chi connectivity index (χ4v) is 3.42. The Kier molecular flexibility index (Phi) is 3.05. The maximum Gasteiger partial charge on any atom is 0.165 e. The molecule has 7 nitrogen and oxygen atoms in total. The van der Waals surface area contributed by atoms with Crippen molar-refractivity contribution >= 4 is 16.7 Å². The molecule has 5 heterocycles. The second-order valence-corrected chi connectivity index (χ2v) is 6.12. The van der Waals surface area contributed by atoms with Gasteiger partial charge >= 0.3 is 0 Å². The minimum atomic E-state index is 0.447. The maximum absolute atomic E-state index is 4.82. The summed E-state index contributed by atoms with van der Waals surface area (Å²) in [7, 11) is 0. The first kappa shape index (κ1) is 13.6. The Morgan fingerprint density at radius 1 is 1.08 bits per heavy atom. The van der Waals surface area contributed by atoms with Crippen LogP contribution in [0.4, 0.5) is 0 Å². The van der Waals surface area contributed by atoms with E-state index in [1.807, 2.05) is 47.6 Å². The molecule has 1 aliphatic heterocycles. The van der Waals surface area contributed by atoms with E-state index in [1.54, 1.807) is 0 Å². The van der Waals surface area contributed by atoms with Crippen molar-refractivity contribution in [3.8, 4) is 11.4 Å². The van der Waals surface area contributed by atoms with Gasteiger partial charge < -0.3 is 9.88 Å². The standard InChI is InChI=1S/C17H17N7/c1-2-8-24-15(3-1)13(9-21-24)16-19-10-14-17(22-16)23(11-20-14)12-4-6-18-7-5-12/h1-3,8-12,18H,4-7H2. The van der Waals surface area contributed by atoms with Gasteiger partial charge in [0, 0.05) is 12.2 Å². The monoisotopic (exact) mass is 319 g/mol. The van der Waals surface area contributed by atoms with Crippen LogP contribution in [0.15, 0.2) is 43.1 Å². The van der Waals surface area contributed by atoms with Crippen LogP contribution >= 0.6 is 0 Å². The molecule has 0 radical (unpaired) electrons. The Balaban J connectivity index is 1.64. The highest BCUT2D eigenvalue weighted by Gasteiger charge is 2.19. The lowest BCUT2D eigenvalue weighted by Crippen LogP contribution is -2.29. The average Bonchev–Trinajstić information content (AvgIpc) is 3.26. The smallest absolute Gasteiger partial charge is 0.165 e. The predicted molar refractivity (Wildman–Crippen MR) is 90.6 cm³/mol. The molecule has 0 spiro atoms. The van der Waals surface area contributed by atoms with Crippen molar-refractivity contribution in [2.75, 3.05) is 13.1 Å². The number of nitrogens with one attached hydrogen (secondary N) is 1. The second kappa shape index (κ2) is 5.38. The molecule has 0 aromatic carbocycles. The molecule has 24 heavy (non-hydrogen) atoms. The molecule has 1 N–H and O–H groups in total. The fourth-order valence-electron chi connectivity index (χ4n) is 3.42. The van der Waals surface area contributed by atoms with E-state index in [9.17, 15) is 0 Å². The van der Waals surface area contributed by atoms with Crippen molar-refractivity contribution < 1.29 is 0 Å². The van der Waals surface area contributed by atoms with Gasteiger partial charge in [0.05, 0.1) is 29.8 Å². The summed E-state index contributed by atoms with van der Waals surface area (Å²) in [5, 5.41) is 7.78. The summed E-state index contributed by atoms with van der Waals surface area (Å²) in [6.07, 6.45) is 9.65. The quantitative estimate of drug-likeness (QED) is 0.612. The zero-order valence-corrected chi connectivity index (χ0v) is 13.1. The molecule has 4 aromatic heterocycles. The Hall–Kier alpha value is -2.80. The van der Waals surface area contributed by atoms with E-state index in [2.05, 4.69) is 25.0 Å². The zero-order valence-electron chi connectivity index (χ0n) is 13.1. The van der Waals surface area contributed by atoms with Gasteiger partial charge in [0.2, 0.25) is 0 Å². The summed E-state index contributed by atoms with van der Waals surface area (Å²) < 4.78 is 4.04. The van der Waals surface area contributed by atoms with Crippen molar-refractivity contribution in [3.63, 3.8) is 0 Å². The third-order valence-electron chi connectivity index (χ3n) is 4.69. The first-order valence-corrected chi connectivity index (χ1v) is 8.23. The number of nitrogens with zero attached hydrogens (tertiary/aromatic N) is 6. The minimum absolute atomic E-state index is 0.447. The SMILES string of the molecule is c1ccn2ncc(-c3ncc4ncn(C5CCNCC5)c4n3)c2c1. The lowest BCUT2D eigenvalue weighted by Gasteiger charge is -2.24. The lowest BCUT2D eigenvalue weighted by molar-refractivity contribution is 0.373. The number of piperidine rings is 1. The van der Waals surface area contributed by atoms with Crippen LogP contribution in [0.25, 0.3) is 28.1 Å². The number of hydrogen-bond acceptors (Lipinski definition) is 5. The van der Waals surface area contributed by atoms with Crippen LogP contribution in [0.3, 0.4) is 0 Å². The Morgan fingerprint density at radius 3 is 2.92 bits per heavy atom. The summed E-state index contributed by atoms with van der Waals surface area (Å²) in [6, 6.07) is 6.43.